The second-order valence-corrected chi connectivity index (χ2v) is 30.2. The number of ether oxygens (including phenoxy) is 4. The summed E-state index contributed by atoms with van der Waals surface area (Å²) < 4.78 is 72.2. The van der Waals surface area contributed by atoms with Crippen molar-refractivity contribution in [2.24, 2.45) is 10.9 Å². The van der Waals surface area contributed by atoms with Gasteiger partial charge < -0.3 is 54.3 Å². The van der Waals surface area contributed by atoms with E-state index >= 15 is 0 Å². The molecular formula is C49H64N5O19P3S4. The number of aliphatic imine (C=N–C) groups is 1. The minimum absolute atomic E-state index is 0.00676. The molecule has 3 aliphatic rings. The van der Waals surface area contributed by atoms with Crippen molar-refractivity contribution in [2.75, 3.05) is 50.0 Å². The lowest BCUT2D eigenvalue weighted by Gasteiger charge is -2.37. The number of phosphoric acid groups is 3. The number of benzene rings is 2. The molecule has 2 aliphatic heterocycles. The second kappa shape index (κ2) is 27.6. The first kappa shape index (κ1) is 65.2. The molecule has 6 rings (SSSR count). The van der Waals surface area contributed by atoms with E-state index in [9.17, 15) is 47.8 Å². The Labute approximate surface area is 477 Å². The molecule has 31 heteroatoms. The van der Waals surface area contributed by atoms with Crippen LogP contribution in [-0.4, -0.2) is 118 Å². The highest BCUT2D eigenvalue weighted by Gasteiger charge is 2.44. The number of fused-ring (bicyclic) bond motifs is 2. The van der Waals surface area contributed by atoms with E-state index in [1.807, 2.05) is 80.5 Å². The molecule has 80 heavy (non-hydrogen) atoms. The number of aromatic carboxylic acids is 1. The highest BCUT2D eigenvalue weighted by Crippen LogP contribution is 2.66. The quantitative estimate of drug-likeness (QED) is 0.0129. The fourth-order valence-corrected chi connectivity index (χ4v) is 15.5. The largest absolute Gasteiger partial charge is 0.490 e. The van der Waals surface area contributed by atoms with Crippen molar-refractivity contribution in [3.05, 3.63) is 114 Å². The minimum atomic E-state index is -5.80. The number of aromatic amines is 1. The lowest BCUT2D eigenvalue weighted by atomic mass is 9.73. The average Bonchev–Trinajstić information content (AvgIpc) is 3.86. The molecule has 1 saturated heterocycles. The molecule has 0 bridgehead atoms. The van der Waals surface area contributed by atoms with Crippen molar-refractivity contribution < 1.29 is 80.1 Å². The summed E-state index contributed by atoms with van der Waals surface area (Å²) in [7, 11) is -11.4. The molecule has 7 atom stereocenters. The van der Waals surface area contributed by atoms with Crippen LogP contribution in [0.15, 0.2) is 74.6 Å². The normalized spacial score (nSPS) is 21.2. The van der Waals surface area contributed by atoms with Gasteiger partial charge in [-0.1, -0.05) is 87.9 Å². The second-order valence-electron chi connectivity index (χ2n) is 19.7. The molecule has 1 aliphatic carbocycles. The number of amides is 1. The number of rotatable bonds is 25. The number of anilines is 1. The van der Waals surface area contributed by atoms with Crippen LogP contribution < -0.4 is 26.6 Å². The summed E-state index contributed by atoms with van der Waals surface area (Å²) in [6.07, 6.45) is 1.73. The number of nitrogens with zero attached hydrogens (tertiary/aromatic N) is 2. The van der Waals surface area contributed by atoms with Gasteiger partial charge in [-0.25, -0.2) is 23.3 Å². The van der Waals surface area contributed by atoms with E-state index in [-0.39, 0.29) is 58.8 Å². The van der Waals surface area contributed by atoms with Gasteiger partial charge in [-0.05, 0) is 76.4 Å². The van der Waals surface area contributed by atoms with Crippen LogP contribution in [0, 0.1) is 24.7 Å². The molecule has 3 heterocycles. The molecule has 3 aromatic rings. The first-order chi connectivity index (χ1) is 37.4. The Kier molecular flexibility index (Phi) is 22.5. The number of aromatic nitrogens is 2. The molecule has 438 valence electrons. The van der Waals surface area contributed by atoms with Crippen molar-refractivity contribution in [3.8, 4) is 17.6 Å². The number of phosphoric ester groups is 1. The number of carboxylic acids is 1. The molecule has 5 unspecified atom stereocenters. The van der Waals surface area contributed by atoms with Crippen LogP contribution in [0.5, 0.6) is 5.75 Å². The van der Waals surface area contributed by atoms with E-state index in [1.165, 1.54) is 49.2 Å². The maximum atomic E-state index is 13.7. The Hall–Kier alpha value is -3.94. The number of hydrogen-bond acceptors (Lipinski definition) is 20. The topological polar surface area (TPSA) is 342 Å². The third kappa shape index (κ3) is 18.5. The Balaban J connectivity index is 1.05. The van der Waals surface area contributed by atoms with Crippen molar-refractivity contribution in [1.29, 1.82) is 0 Å². The number of nitrogens with one attached hydrogen (secondary N) is 3. The number of H-pyrrole nitrogens is 1. The van der Waals surface area contributed by atoms with Crippen molar-refractivity contribution in [3.63, 3.8) is 0 Å². The fourth-order valence-electron chi connectivity index (χ4n) is 8.38. The van der Waals surface area contributed by atoms with E-state index in [0.717, 1.165) is 38.9 Å². The first-order valence-corrected chi connectivity index (χ1v) is 33.8. The van der Waals surface area contributed by atoms with Crippen molar-refractivity contribution >= 4 is 89.9 Å². The van der Waals surface area contributed by atoms with Gasteiger partial charge in [0.2, 0.25) is 0 Å². The highest BCUT2D eigenvalue weighted by atomic mass is 33.1. The molecule has 0 radical (unpaired) electrons. The number of aryl methyl sites for hydroxylation is 1. The number of carbonyl (C=O) groups is 2. The molecule has 8 N–H and O–H groups in total. The maximum Gasteiger partial charge on any atom is 0.490 e. The van der Waals surface area contributed by atoms with Gasteiger partial charge in [-0.15, -0.1) is 0 Å². The summed E-state index contributed by atoms with van der Waals surface area (Å²) in [5.74, 6) is 4.46. The Bertz CT molecular complexity index is 3240. The SMILES string of the molecule is CC/N=C1/C=C2Oc3cc(NCC)c(C)cc3C(c3ccc(C(=O)NCC(C)(C)SSCOCC#Cc4cn([C@H]5C[C@@H](OCSSC(C)(C)C)C(COP(=O)(O)OP(=O)(O)OP(=O)(O)O)O5)c(=O)[nH]c4=O)cc3C(=O)O)C2C=C1C. The van der Waals surface area contributed by atoms with E-state index in [1.54, 1.807) is 12.1 Å². The predicted molar refractivity (Wildman–Crippen MR) is 308 cm³/mol. The molecule has 0 spiro atoms. The van der Waals surface area contributed by atoms with Crippen LogP contribution in [0.3, 0.4) is 0 Å². The molecular weight excluding hydrogens is 1180 g/mol. The Morgan fingerprint density at radius 1 is 0.963 bits per heavy atom. The number of allylic oxidation sites excluding steroid dienone is 3. The monoisotopic (exact) mass is 1250 g/mol. The van der Waals surface area contributed by atoms with E-state index < -0.39 is 82.3 Å². The third-order valence-electron chi connectivity index (χ3n) is 11.7. The van der Waals surface area contributed by atoms with Crippen LogP contribution in [0.2, 0.25) is 0 Å². The number of carbonyl (C=O) groups excluding carboxylic acids is 1. The number of carboxylic acid groups (broad SMARTS) is 1. The summed E-state index contributed by atoms with van der Waals surface area (Å²) in [6, 6.07) is 8.74. The maximum absolute atomic E-state index is 13.7. The average molecular weight is 1250 g/mol. The van der Waals surface area contributed by atoms with Crippen LogP contribution in [-0.2, 0) is 41.1 Å². The first-order valence-electron chi connectivity index (χ1n) is 24.6. The third-order valence-corrected chi connectivity index (χ3v) is 21.5. The van der Waals surface area contributed by atoms with Crippen molar-refractivity contribution in [1.82, 2.24) is 14.9 Å². The summed E-state index contributed by atoms with van der Waals surface area (Å²) in [4.78, 5) is 96.7. The summed E-state index contributed by atoms with van der Waals surface area (Å²) in [5, 5.41) is 17.0. The molecule has 0 saturated carbocycles. The summed E-state index contributed by atoms with van der Waals surface area (Å²) in [5.41, 5.74) is 3.31. The van der Waals surface area contributed by atoms with E-state index in [2.05, 4.69) is 47.1 Å². The van der Waals surface area contributed by atoms with Gasteiger partial charge in [-0.2, -0.15) is 8.62 Å². The molecule has 1 amide bonds. The standard InChI is InChI=1S/C49H64N5O19P3S4/c1-10-50-36-20-38-34(17-28(36)3)43(35-18-29(4)37(51-11-2)21-39(35)70-38)32-15-14-30(19-33(32)46(57)58)44(55)52-25-49(8,9)80-77-26-67-16-12-13-31-23-54(47(59)53-45(31)56)42-22-40(68-27-78-79-48(5,6)7)41(71-42)24-69-75(63,64)73-76(65,66)72-74(60,61)62/h14-15,17-21,23,34,40-43,51H,10-11,16,22,24-27H2,1-9H3,(H,52,55)(H,57,58)(H,63,64)(H,65,66)(H,53,56,59)(H2,60,61,62)/b50-36-/t34?,40-,41?,42-,43?/m1/s1. The molecule has 24 nitrogen and oxygen atoms in total. The molecule has 1 aromatic heterocycles. The van der Waals surface area contributed by atoms with Gasteiger partial charge in [0.15, 0.2) is 0 Å². The zero-order valence-electron chi connectivity index (χ0n) is 45.0. The Morgan fingerprint density at radius 2 is 1.69 bits per heavy atom. The summed E-state index contributed by atoms with van der Waals surface area (Å²) in [6.45, 7) is 18.2. The Morgan fingerprint density at radius 3 is 2.36 bits per heavy atom. The molecule has 2 aromatic carbocycles. The van der Waals surface area contributed by atoms with Crippen LogP contribution >= 0.6 is 66.6 Å². The van der Waals surface area contributed by atoms with Crippen LogP contribution in [0.4, 0.5) is 5.69 Å². The van der Waals surface area contributed by atoms with Gasteiger partial charge in [0.25, 0.3) is 11.5 Å². The highest BCUT2D eigenvalue weighted by molar-refractivity contribution is 8.77. The van der Waals surface area contributed by atoms with Gasteiger partial charge in [0.05, 0.1) is 24.0 Å². The zero-order valence-corrected chi connectivity index (χ0v) is 50.9. The van der Waals surface area contributed by atoms with Gasteiger partial charge >= 0.3 is 35.1 Å². The summed E-state index contributed by atoms with van der Waals surface area (Å²) >= 11 is 0. The van der Waals surface area contributed by atoms with Crippen LogP contribution in [0.25, 0.3) is 0 Å². The van der Waals surface area contributed by atoms with E-state index in [0.29, 0.717) is 30.2 Å². The number of hydrogen-bond donors (Lipinski definition) is 8. The van der Waals surface area contributed by atoms with Gasteiger partial charge in [0, 0.05) is 82.5 Å². The zero-order chi connectivity index (χ0) is 59.0. The lowest BCUT2D eigenvalue weighted by Crippen LogP contribution is -2.36. The van der Waals surface area contributed by atoms with Crippen LogP contribution in [0.1, 0.15) is 117 Å². The van der Waals surface area contributed by atoms with Crippen molar-refractivity contribution in [2.45, 2.75) is 103 Å². The lowest BCUT2D eigenvalue weighted by molar-refractivity contribution is -0.0543. The van der Waals surface area contributed by atoms with Gasteiger partial charge in [0.1, 0.15) is 47.9 Å². The van der Waals surface area contributed by atoms with Gasteiger partial charge in [-0.3, -0.25) is 28.7 Å². The van der Waals surface area contributed by atoms with E-state index in [4.69, 9.17) is 33.3 Å². The predicted octanol–water partition coefficient (Wildman–Crippen LogP) is 8.49. The fraction of sp³-hybridized carbons (Fsp3) is 0.490. The smallest absolute Gasteiger partial charge is 0.478 e. The minimum Gasteiger partial charge on any atom is -0.478 e. The molecule has 1 fully saturated rings.